The maximum Gasteiger partial charge on any atom is 0.164 e. The van der Waals surface area contributed by atoms with Crippen molar-refractivity contribution in [3.05, 3.63) is 83.7 Å². The molecule has 0 bridgehead atoms. The molecule has 0 saturated heterocycles. The molecule has 0 spiro atoms. The van der Waals surface area contributed by atoms with Crippen LogP contribution in [-0.4, -0.2) is 20.9 Å². The first kappa shape index (κ1) is 37.9. The molecule has 6 rings (SSSR count). The fourth-order valence-electron chi connectivity index (χ4n) is 5.98. The van der Waals surface area contributed by atoms with Crippen molar-refractivity contribution in [2.24, 2.45) is 10.8 Å². The van der Waals surface area contributed by atoms with E-state index in [-0.39, 0.29) is 47.9 Å². The van der Waals surface area contributed by atoms with Gasteiger partial charge in [-0.3, -0.25) is 9.78 Å². The van der Waals surface area contributed by atoms with Crippen LogP contribution in [-0.2, 0) is 30.3 Å². The number of fused-ring (bicyclic) bond motifs is 6. The van der Waals surface area contributed by atoms with E-state index in [4.69, 9.17) is 4.98 Å². The Morgan fingerprint density at radius 2 is 1.54 bits per heavy atom. The van der Waals surface area contributed by atoms with Crippen LogP contribution < -0.4 is 0 Å². The number of rotatable bonds is 8. The summed E-state index contributed by atoms with van der Waals surface area (Å²) in [6, 6.07) is 21.1. The zero-order valence-corrected chi connectivity index (χ0v) is 33.6. The number of hydrogen-bond acceptors (Lipinski definition) is 6. The van der Waals surface area contributed by atoms with Crippen molar-refractivity contribution in [1.82, 2.24) is 9.97 Å². The molecule has 0 amide bonds. The van der Waals surface area contributed by atoms with Crippen molar-refractivity contribution >= 4 is 69.6 Å². The Morgan fingerprint density at radius 3 is 2.19 bits per heavy atom. The Bertz CT molecular complexity index is 2090. The minimum absolute atomic E-state index is 0. The zero-order chi connectivity index (χ0) is 34.1. The molecule has 4 nitrogen and oxygen atoms in total. The number of hydrogen-bond donors (Lipinski definition) is 1. The molecule has 255 valence electrons. The van der Waals surface area contributed by atoms with Gasteiger partial charge in [0.2, 0.25) is 0 Å². The molecular formula is C41H47IrN2O2S2-. The molecule has 3 heterocycles. The summed E-state index contributed by atoms with van der Waals surface area (Å²) < 4.78 is 2.57. The van der Waals surface area contributed by atoms with Crippen LogP contribution in [0.5, 0.6) is 0 Å². The number of thiophene rings is 2. The van der Waals surface area contributed by atoms with E-state index in [9.17, 15) is 9.90 Å². The standard InChI is InChI=1S/C26H19N2S2.C15H28O2.Ir/c1-26(2,3)19-13-17(12-16-6-4-5-7-18(16)19)23-22-21-20(30-25(22)28-14-27-23)9-8-15-10-11-29-24(15)21;1-7-14(5,8-2)12(16)11-13(17)15(6,9-3)10-4;/h4-11,13-14H,1-3H3;11,16H,7-10H2,1-6H3;/q-1;;/b;12-11-;. The number of nitrogens with zero attached hydrogens (tertiary/aromatic N) is 2. The second-order valence-corrected chi connectivity index (χ2v) is 16.1. The van der Waals surface area contributed by atoms with E-state index in [0.29, 0.717) is 0 Å². The van der Waals surface area contributed by atoms with Crippen molar-refractivity contribution in [3.8, 4) is 11.3 Å². The molecule has 1 radical (unpaired) electrons. The summed E-state index contributed by atoms with van der Waals surface area (Å²) >= 11 is 3.53. The van der Waals surface area contributed by atoms with E-state index < -0.39 is 0 Å². The summed E-state index contributed by atoms with van der Waals surface area (Å²) in [5, 5.41) is 18.4. The predicted molar refractivity (Wildman–Crippen MR) is 204 cm³/mol. The third kappa shape index (κ3) is 7.16. The van der Waals surface area contributed by atoms with Crippen LogP contribution in [0.15, 0.2) is 72.1 Å². The van der Waals surface area contributed by atoms with Gasteiger partial charge in [-0.25, -0.2) is 4.98 Å². The average molecular weight is 856 g/mol. The second-order valence-electron chi connectivity index (χ2n) is 14.1. The Labute approximate surface area is 307 Å². The molecule has 0 fully saturated rings. The van der Waals surface area contributed by atoms with Crippen molar-refractivity contribution in [3.63, 3.8) is 0 Å². The molecule has 0 saturated carbocycles. The number of allylic oxidation sites excluding steroid dienone is 2. The zero-order valence-electron chi connectivity index (χ0n) is 29.6. The van der Waals surface area contributed by atoms with E-state index in [1.54, 1.807) is 29.0 Å². The summed E-state index contributed by atoms with van der Waals surface area (Å²) in [4.78, 5) is 22.6. The average Bonchev–Trinajstić information content (AvgIpc) is 3.71. The summed E-state index contributed by atoms with van der Waals surface area (Å²) in [6.07, 6.45) is 6.45. The Balaban J connectivity index is 0.000000251. The Morgan fingerprint density at radius 1 is 0.875 bits per heavy atom. The number of aliphatic hydroxyl groups is 1. The van der Waals surface area contributed by atoms with Gasteiger partial charge in [0, 0.05) is 62.9 Å². The van der Waals surface area contributed by atoms with Crippen LogP contribution in [0.3, 0.4) is 0 Å². The summed E-state index contributed by atoms with van der Waals surface area (Å²) in [5.41, 5.74) is 2.75. The van der Waals surface area contributed by atoms with Crippen LogP contribution in [0.2, 0.25) is 0 Å². The number of ketones is 1. The van der Waals surface area contributed by atoms with Crippen molar-refractivity contribution in [1.29, 1.82) is 0 Å². The van der Waals surface area contributed by atoms with Gasteiger partial charge >= 0.3 is 0 Å². The Kier molecular flexibility index (Phi) is 11.7. The third-order valence-corrected chi connectivity index (χ3v) is 12.3. The molecule has 48 heavy (non-hydrogen) atoms. The van der Waals surface area contributed by atoms with Gasteiger partial charge in [-0.1, -0.05) is 97.5 Å². The molecule has 0 unspecified atom stereocenters. The van der Waals surface area contributed by atoms with E-state index in [1.165, 1.54) is 37.2 Å². The van der Waals surface area contributed by atoms with Gasteiger partial charge in [0.15, 0.2) is 5.78 Å². The number of aliphatic hydroxyl groups excluding tert-OH is 1. The van der Waals surface area contributed by atoms with Crippen LogP contribution in [0.25, 0.3) is 52.4 Å². The van der Waals surface area contributed by atoms with Crippen LogP contribution in [0.4, 0.5) is 0 Å². The monoisotopic (exact) mass is 856 g/mol. The number of benzene rings is 3. The predicted octanol–water partition coefficient (Wildman–Crippen LogP) is 12.6. The third-order valence-electron chi connectivity index (χ3n) is 10.3. The van der Waals surface area contributed by atoms with Gasteiger partial charge in [-0.05, 0) is 54.0 Å². The first-order valence-electron chi connectivity index (χ1n) is 16.7. The second kappa shape index (κ2) is 14.9. The molecular weight excluding hydrogens is 809 g/mol. The Hall–Kier alpha value is -2.96. The quantitative estimate of drug-likeness (QED) is 0.0941. The minimum atomic E-state index is -0.337. The van der Waals surface area contributed by atoms with Gasteiger partial charge in [-0.2, -0.15) is 0 Å². The normalized spacial score (nSPS) is 12.7. The fourth-order valence-corrected chi connectivity index (χ4v) is 8.05. The van der Waals surface area contributed by atoms with Crippen LogP contribution in [0.1, 0.15) is 93.6 Å². The summed E-state index contributed by atoms with van der Waals surface area (Å²) in [7, 11) is 0. The van der Waals surface area contributed by atoms with Crippen molar-refractivity contribution in [2.45, 2.75) is 93.4 Å². The minimum Gasteiger partial charge on any atom is -0.512 e. The van der Waals surface area contributed by atoms with Gasteiger partial charge in [0.1, 0.15) is 16.9 Å². The molecule has 7 heteroatoms. The number of carbonyl (C=O) groups is 1. The SMILES string of the molecule is CC(C)(C)c1cc(-c2ncnc3sc4ccc5ccsc5c4c23)[c-]c2ccccc12.CCC(C)(CC)C(=O)/C=C(\O)C(C)(CC)CC.[Ir]. The first-order valence-corrected chi connectivity index (χ1v) is 18.4. The summed E-state index contributed by atoms with van der Waals surface area (Å²) in [6.45, 7) is 18.9. The number of carbonyl (C=O) groups excluding carboxylic acids is 1. The topological polar surface area (TPSA) is 63.1 Å². The molecule has 6 aromatic rings. The van der Waals surface area contributed by atoms with Gasteiger partial charge in [0.25, 0.3) is 0 Å². The van der Waals surface area contributed by atoms with Crippen LogP contribution >= 0.6 is 22.7 Å². The van der Waals surface area contributed by atoms with Crippen molar-refractivity contribution < 1.29 is 30.0 Å². The summed E-state index contributed by atoms with van der Waals surface area (Å²) in [5.74, 6) is 0.286. The molecule has 1 N–H and O–H groups in total. The van der Waals surface area contributed by atoms with Crippen LogP contribution in [0, 0.1) is 16.9 Å². The first-order chi connectivity index (χ1) is 22.3. The van der Waals surface area contributed by atoms with Gasteiger partial charge in [0.05, 0.1) is 0 Å². The molecule has 3 aromatic heterocycles. The largest absolute Gasteiger partial charge is 0.512 e. The van der Waals surface area contributed by atoms with Gasteiger partial charge in [-0.15, -0.1) is 51.8 Å². The fraction of sp³-hybridized carbons (Fsp3) is 0.390. The maximum atomic E-state index is 12.2. The maximum absolute atomic E-state index is 12.2. The van der Waals surface area contributed by atoms with Gasteiger partial charge < -0.3 is 5.11 Å². The van der Waals surface area contributed by atoms with E-state index in [2.05, 4.69) is 85.7 Å². The molecule has 0 atom stereocenters. The van der Waals surface area contributed by atoms with E-state index >= 15 is 0 Å². The number of aromatic nitrogens is 2. The van der Waals surface area contributed by atoms with Crippen molar-refractivity contribution in [2.75, 3.05) is 0 Å². The molecule has 0 aliphatic carbocycles. The van der Waals surface area contributed by atoms with E-state index in [1.807, 2.05) is 41.5 Å². The molecule has 3 aromatic carbocycles. The molecule has 0 aliphatic rings. The molecule has 0 aliphatic heterocycles. The van der Waals surface area contributed by atoms with E-state index in [0.717, 1.165) is 52.5 Å². The smallest absolute Gasteiger partial charge is 0.164 e.